The molecule has 108 valence electrons. The summed E-state index contributed by atoms with van der Waals surface area (Å²) in [5.41, 5.74) is 0.991. The van der Waals surface area contributed by atoms with Gasteiger partial charge in [0.1, 0.15) is 11.6 Å². The summed E-state index contributed by atoms with van der Waals surface area (Å²) < 4.78 is 28.5. The van der Waals surface area contributed by atoms with Crippen molar-refractivity contribution in [2.45, 2.75) is 45.7 Å². The van der Waals surface area contributed by atoms with Crippen LogP contribution in [0.2, 0.25) is 0 Å². The van der Waals surface area contributed by atoms with Crippen LogP contribution in [-0.4, -0.2) is 6.04 Å². The van der Waals surface area contributed by atoms with Gasteiger partial charge < -0.3 is 5.32 Å². The fraction of sp³-hybridized carbons (Fsp3) is 0.500. The average molecular weight is 295 g/mol. The molecule has 0 aliphatic heterocycles. The molecule has 0 spiro atoms. The van der Waals surface area contributed by atoms with Gasteiger partial charge in [0.25, 0.3) is 0 Å². The lowest BCUT2D eigenvalue weighted by Crippen LogP contribution is -2.15. The van der Waals surface area contributed by atoms with E-state index in [1.54, 1.807) is 0 Å². The van der Waals surface area contributed by atoms with E-state index in [-0.39, 0.29) is 11.6 Å². The van der Waals surface area contributed by atoms with Gasteiger partial charge in [-0.2, -0.15) is 0 Å². The van der Waals surface area contributed by atoms with E-state index in [1.165, 1.54) is 36.3 Å². The van der Waals surface area contributed by atoms with Gasteiger partial charge in [-0.25, -0.2) is 8.78 Å². The van der Waals surface area contributed by atoms with Crippen molar-refractivity contribution < 1.29 is 8.78 Å². The molecule has 1 aliphatic rings. The third-order valence-electron chi connectivity index (χ3n) is 3.66. The lowest BCUT2D eigenvalue weighted by Gasteiger charge is -2.08. The Bertz CT molecular complexity index is 629. The first-order valence-electron chi connectivity index (χ1n) is 7.18. The van der Waals surface area contributed by atoms with Gasteiger partial charge in [0.05, 0.1) is 4.70 Å². The van der Waals surface area contributed by atoms with Crippen molar-refractivity contribution in [1.82, 2.24) is 5.32 Å². The van der Waals surface area contributed by atoms with Crippen LogP contribution in [0.25, 0.3) is 10.1 Å². The minimum absolute atomic E-state index is 0.300. The third kappa shape index (κ3) is 2.72. The fourth-order valence-corrected chi connectivity index (χ4v) is 3.73. The van der Waals surface area contributed by atoms with Crippen molar-refractivity contribution in [2.24, 2.45) is 5.92 Å². The Balaban J connectivity index is 2.05. The summed E-state index contributed by atoms with van der Waals surface area (Å²) >= 11 is 1.40. The van der Waals surface area contributed by atoms with Crippen molar-refractivity contribution in [3.05, 3.63) is 34.2 Å². The first kappa shape index (κ1) is 14.0. The zero-order valence-corrected chi connectivity index (χ0v) is 12.6. The predicted octanol–water partition coefficient (Wildman–Crippen LogP) is 4.63. The molecular weight excluding hydrogens is 276 g/mol. The molecule has 20 heavy (non-hydrogen) atoms. The third-order valence-corrected chi connectivity index (χ3v) is 4.90. The summed E-state index contributed by atoms with van der Waals surface area (Å²) in [6.07, 6.45) is 3.22. The van der Waals surface area contributed by atoms with E-state index in [1.807, 2.05) is 0 Å². The van der Waals surface area contributed by atoms with E-state index in [0.717, 1.165) is 23.4 Å². The highest BCUT2D eigenvalue weighted by Gasteiger charge is 2.23. The molecule has 0 radical (unpaired) electrons. The summed E-state index contributed by atoms with van der Waals surface area (Å²) in [5, 5.41) is 3.95. The van der Waals surface area contributed by atoms with E-state index in [0.29, 0.717) is 22.0 Å². The van der Waals surface area contributed by atoms with Gasteiger partial charge in [0.15, 0.2) is 0 Å². The average Bonchev–Trinajstić information content (AvgIpc) is 3.14. The largest absolute Gasteiger partial charge is 0.309 e. The zero-order chi connectivity index (χ0) is 14.3. The summed E-state index contributed by atoms with van der Waals surface area (Å²) in [6, 6.07) is 3.07. The number of hydrogen-bond acceptors (Lipinski definition) is 2. The SMILES string of the molecule is CC(C)Cc1c(CNC2CC2)sc2c(F)ccc(F)c12. The smallest absolute Gasteiger partial charge is 0.141 e. The van der Waals surface area contributed by atoms with E-state index >= 15 is 0 Å². The molecule has 1 aromatic carbocycles. The van der Waals surface area contributed by atoms with Gasteiger partial charge in [-0.1, -0.05) is 13.8 Å². The molecule has 1 N–H and O–H groups in total. The van der Waals surface area contributed by atoms with Crippen molar-refractivity contribution in [1.29, 1.82) is 0 Å². The van der Waals surface area contributed by atoms with E-state index < -0.39 is 0 Å². The van der Waals surface area contributed by atoms with Crippen LogP contribution in [0.3, 0.4) is 0 Å². The Labute approximate surface area is 122 Å². The number of fused-ring (bicyclic) bond motifs is 1. The Kier molecular flexibility index (Phi) is 3.78. The molecule has 1 aromatic heterocycles. The molecule has 1 heterocycles. The van der Waals surface area contributed by atoms with Gasteiger partial charge in [0, 0.05) is 22.8 Å². The maximum atomic E-state index is 14.1. The van der Waals surface area contributed by atoms with Crippen molar-refractivity contribution in [3.8, 4) is 0 Å². The Morgan fingerprint density at radius 2 is 1.95 bits per heavy atom. The van der Waals surface area contributed by atoms with Crippen LogP contribution in [0, 0.1) is 17.6 Å². The van der Waals surface area contributed by atoms with Crippen LogP contribution < -0.4 is 5.32 Å². The lowest BCUT2D eigenvalue weighted by atomic mass is 9.99. The van der Waals surface area contributed by atoms with Crippen LogP contribution in [0.1, 0.15) is 37.1 Å². The number of hydrogen-bond donors (Lipinski definition) is 1. The molecule has 1 aliphatic carbocycles. The first-order valence-corrected chi connectivity index (χ1v) is 7.99. The highest BCUT2D eigenvalue weighted by atomic mass is 32.1. The molecule has 0 bridgehead atoms. The monoisotopic (exact) mass is 295 g/mol. The fourth-order valence-electron chi connectivity index (χ4n) is 2.53. The molecule has 2 aromatic rings. The van der Waals surface area contributed by atoms with Gasteiger partial charge in [-0.05, 0) is 42.9 Å². The molecule has 0 amide bonds. The molecular formula is C16H19F2NS. The van der Waals surface area contributed by atoms with Crippen LogP contribution in [0.4, 0.5) is 8.78 Å². The molecule has 0 unspecified atom stereocenters. The number of benzene rings is 1. The molecule has 0 atom stereocenters. The number of halogens is 2. The summed E-state index contributed by atoms with van der Waals surface area (Å²) in [5.74, 6) is -0.185. The number of thiophene rings is 1. The van der Waals surface area contributed by atoms with E-state index in [4.69, 9.17) is 0 Å². The summed E-state index contributed by atoms with van der Waals surface area (Å²) in [7, 11) is 0. The second-order valence-electron chi connectivity index (χ2n) is 5.99. The van der Waals surface area contributed by atoms with E-state index in [2.05, 4.69) is 19.2 Å². The highest BCUT2D eigenvalue weighted by molar-refractivity contribution is 7.19. The van der Waals surface area contributed by atoms with Gasteiger partial charge >= 0.3 is 0 Å². The summed E-state index contributed by atoms with van der Waals surface area (Å²) in [4.78, 5) is 1.09. The number of rotatable bonds is 5. The minimum Gasteiger partial charge on any atom is -0.309 e. The Morgan fingerprint density at radius 1 is 1.25 bits per heavy atom. The van der Waals surface area contributed by atoms with E-state index in [9.17, 15) is 8.78 Å². The van der Waals surface area contributed by atoms with Crippen LogP contribution in [0.15, 0.2) is 12.1 Å². The number of nitrogens with one attached hydrogen (secondary N) is 1. The van der Waals surface area contributed by atoms with Crippen LogP contribution in [-0.2, 0) is 13.0 Å². The predicted molar refractivity (Wildman–Crippen MR) is 80.1 cm³/mol. The Morgan fingerprint density at radius 3 is 2.60 bits per heavy atom. The Hall–Kier alpha value is -1.00. The van der Waals surface area contributed by atoms with Crippen LogP contribution >= 0.6 is 11.3 Å². The lowest BCUT2D eigenvalue weighted by molar-refractivity contribution is 0.612. The highest BCUT2D eigenvalue weighted by Crippen LogP contribution is 2.36. The standard InChI is InChI=1S/C16H19F2NS/c1-9(2)7-11-14(8-19-10-3-4-10)20-16-13(18)6-5-12(17)15(11)16/h5-6,9-10,19H,3-4,7-8H2,1-2H3. The van der Waals surface area contributed by atoms with Crippen LogP contribution in [0.5, 0.6) is 0 Å². The zero-order valence-electron chi connectivity index (χ0n) is 11.8. The van der Waals surface area contributed by atoms with Crippen molar-refractivity contribution >= 4 is 21.4 Å². The second kappa shape index (κ2) is 5.41. The van der Waals surface area contributed by atoms with Gasteiger partial charge in [0.2, 0.25) is 0 Å². The van der Waals surface area contributed by atoms with Crippen molar-refractivity contribution in [3.63, 3.8) is 0 Å². The summed E-state index contributed by atoms with van der Waals surface area (Å²) in [6.45, 7) is 4.95. The topological polar surface area (TPSA) is 12.0 Å². The molecule has 1 saturated carbocycles. The molecule has 3 rings (SSSR count). The first-order chi connectivity index (χ1) is 9.56. The normalized spacial score (nSPS) is 15.4. The molecule has 0 saturated heterocycles. The van der Waals surface area contributed by atoms with Crippen molar-refractivity contribution in [2.75, 3.05) is 0 Å². The molecule has 4 heteroatoms. The molecule has 1 fully saturated rings. The maximum absolute atomic E-state index is 14.1. The quantitative estimate of drug-likeness (QED) is 0.848. The maximum Gasteiger partial charge on any atom is 0.141 e. The van der Waals surface area contributed by atoms with Gasteiger partial charge in [-0.3, -0.25) is 0 Å². The minimum atomic E-state index is -0.311. The second-order valence-corrected chi connectivity index (χ2v) is 7.10. The van der Waals surface area contributed by atoms with Gasteiger partial charge in [-0.15, -0.1) is 11.3 Å². The molecule has 1 nitrogen and oxygen atoms in total.